The number of aliphatic hydroxyl groups excluding tert-OH is 1. The van der Waals surface area contributed by atoms with Gasteiger partial charge in [-0.1, -0.05) is 24.3 Å². The molecule has 0 aromatic heterocycles. The zero-order valence-corrected chi connectivity index (χ0v) is 18.1. The number of ether oxygens (including phenoxy) is 2. The highest BCUT2D eigenvalue weighted by Crippen LogP contribution is 2.19. The van der Waals surface area contributed by atoms with E-state index >= 15 is 0 Å². The number of aliphatic imine (C=N–C) groups is 1. The van der Waals surface area contributed by atoms with Gasteiger partial charge in [0.15, 0.2) is 5.96 Å². The molecule has 2 aromatic rings. The van der Waals surface area contributed by atoms with Crippen LogP contribution in [0, 0.1) is 5.82 Å². The predicted octanol–water partition coefficient (Wildman–Crippen LogP) is 3.59. The van der Waals surface area contributed by atoms with E-state index < -0.39 is 6.10 Å². The summed E-state index contributed by atoms with van der Waals surface area (Å²) in [6.45, 7) is 7.24. The van der Waals surface area contributed by atoms with Gasteiger partial charge in [-0.15, -0.1) is 0 Å². The Bertz CT molecular complexity index is 779. The molecule has 0 heterocycles. The van der Waals surface area contributed by atoms with Crippen LogP contribution in [0.2, 0.25) is 0 Å². The molecule has 0 saturated heterocycles. The summed E-state index contributed by atoms with van der Waals surface area (Å²) in [7, 11) is 1.61. The van der Waals surface area contributed by atoms with Crippen LogP contribution in [-0.4, -0.2) is 43.9 Å². The molecule has 7 heteroatoms. The molecule has 0 spiro atoms. The number of methoxy groups -OCH3 is 1. The molecule has 0 aliphatic carbocycles. The van der Waals surface area contributed by atoms with Gasteiger partial charge >= 0.3 is 0 Å². The third-order valence-corrected chi connectivity index (χ3v) is 4.38. The van der Waals surface area contributed by atoms with E-state index in [4.69, 9.17) is 9.47 Å². The van der Waals surface area contributed by atoms with E-state index in [0.717, 1.165) is 16.9 Å². The van der Waals surface area contributed by atoms with Crippen LogP contribution in [0.25, 0.3) is 0 Å². The first-order valence-corrected chi connectivity index (χ1v) is 10.2. The van der Waals surface area contributed by atoms with Crippen LogP contribution in [0.15, 0.2) is 53.5 Å². The topological polar surface area (TPSA) is 75.1 Å². The van der Waals surface area contributed by atoms with Crippen LogP contribution < -0.4 is 15.4 Å². The average Bonchev–Trinajstić information content (AvgIpc) is 2.73. The summed E-state index contributed by atoms with van der Waals surface area (Å²) in [4.78, 5) is 4.47. The zero-order valence-electron chi connectivity index (χ0n) is 18.1. The molecule has 2 atom stereocenters. The third-order valence-electron chi connectivity index (χ3n) is 4.38. The quantitative estimate of drug-likeness (QED) is 0.407. The second-order valence-corrected chi connectivity index (χ2v) is 7.13. The van der Waals surface area contributed by atoms with Gasteiger partial charge in [0.1, 0.15) is 11.6 Å². The summed E-state index contributed by atoms with van der Waals surface area (Å²) in [6.07, 6.45) is -0.887. The van der Waals surface area contributed by atoms with E-state index in [9.17, 15) is 9.50 Å². The number of benzene rings is 2. The Kier molecular flexibility index (Phi) is 9.57. The molecule has 0 radical (unpaired) electrons. The lowest BCUT2D eigenvalue weighted by Gasteiger charge is -2.19. The van der Waals surface area contributed by atoms with Crippen molar-refractivity contribution in [2.45, 2.75) is 39.1 Å². The van der Waals surface area contributed by atoms with Gasteiger partial charge in [-0.05, 0) is 56.2 Å². The fourth-order valence-corrected chi connectivity index (χ4v) is 2.87. The van der Waals surface area contributed by atoms with E-state index in [0.29, 0.717) is 19.0 Å². The monoisotopic (exact) mass is 417 g/mol. The Morgan fingerprint density at radius 2 is 1.67 bits per heavy atom. The van der Waals surface area contributed by atoms with E-state index in [1.54, 1.807) is 19.2 Å². The van der Waals surface area contributed by atoms with Crippen molar-refractivity contribution < 1.29 is 19.0 Å². The highest BCUT2D eigenvalue weighted by molar-refractivity contribution is 5.79. The SMILES string of the molecule is CCNC(=NCC(O)c1ccc(OC(C)C)cc1)NCC(OC)c1ccc(F)cc1. The molecule has 6 nitrogen and oxygen atoms in total. The van der Waals surface area contributed by atoms with Gasteiger partial charge in [0, 0.05) is 20.2 Å². The van der Waals surface area contributed by atoms with Gasteiger partial charge in [0.2, 0.25) is 0 Å². The first kappa shape index (κ1) is 23.6. The molecule has 2 aromatic carbocycles. The van der Waals surface area contributed by atoms with Crippen LogP contribution in [-0.2, 0) is 4.74 Å². The Balaban J connectivity index is 1.96. The van der Waals surface area contributed by atoms with Crippen LogP contribution in [0.1, 0.15) is 44.1 Å². The second kappa shape index (κ2) is 12.1. The highest BCUT2D eigenvalue weighted by Gasteiger charge is 2.12. The standard InChI is InChI=1S/C23H32FN3O3/c1-5-25-23(27-15-22(29-4)18-6-10-19(24)11-7-18)26-14-21(28)17-8-12-20(13-9-17)30-16(2)3/h6-13,16,21-22,28H,5,14-15H2,1-4H3,(H2,25,26,27). The van der Waals surface area contributed by atoms with Crippen LogP contribution in [0.5, 0.6) is 5.75 Å². The summed E-state index contributed by atoms with van der Waals surface area (Å²) < 4.78 is 24.3. The first-order chi connectivity index (χ1) is 14.4. The smallest absolute Gasteiger partial charge is 0.191 e. The number of rotatable bonds is 10. The molecular weight excluding hydrogens is 385 g/mol. The summed E-state index contributed by atoms with van der Waals surface area (Å²) >= 11 is 0. The van der Waals surface area contributed by atoms with Crippen LogP contribution in [0.4, 0.5) is 4.39 Å². The van der Waals surface area contributed by atoms with Crippen molar-refractivity contribution in [3.63, 3.8) is 0 Å². The van der Waals surface area contributed by atoms with Gasteiger partial charge in [0.05, 0.1) is 24.9 Å². The Labute approximate surface area is 178 Å². The Morgan fingerprint density at radius 3 is 2.23 bits per heavy atom. The fraction of sp³-hybridized carbons (Fsp3) is 0.435. The van der Waals surface area contributed by atoms with Gasteiger partial charge in [0.25, 0.3) is 0 Å². The predicted molar refractivity (Wildman–Crippen MR) is 117 cm³/mol. The molecular formula is C23H32FN3O3. The van der Waals surface area contributed by atoms with Gasteiger partial charge in [-0.25, -0.2) is 4.39 Å². The number of nitrogens with zero attached hydrogens (tertiary/aromatic N) is 1. The third kappa shape index (κ3) is 7.65. The van der Waals surface area contributed by atoms with Crippen molar-refractivity contribution in [2.24, 2.45) is 4.99 Å². The minimum Gasteiger partial charge on any atom is -0.491 e. The maximum atomic E-state index is 13.1. The van der Waals surface area contributed by atoms with Gasteiger partial charge in [-0.3, -0.25) is 4.99 Å². The van der Waals surface area contributed by atoms with E-state index in [1.165, 1.54) is 12.1 Å². The van der Waals surface area contributed by atoms with Crippen molar-refractivity contribution in [1.29, 1.82) is 0 Å². The van der Waals surface area contributed by atoms with E-state index in [-0.39, 0.29) is 24.6 Å². The molecule has 0 amide bonds. The van der Waals surface area contributed by atoms with Crippen molar-refractivity contribution in [2.75, 3.05) is 26.7 Å². The number of nitrogens with one attached hydrogen (secondary N) is 2. The first-order valence-electron chi connectivity index (χ1n) is 10.2. The lowest BCUT2D eigenvalue weighted by atomic mass is 10.1. The van der Waals surface area contributed by atoms with E-state index in [1.807, 2.05) is 45.0 Å². The molecule has 0 bridgehead atoms. The maximum Gasteiger partial charge on any atom is 0.191 e. The molecule has 2 unspecified atom stereocenters. The lowest BCUT2D eigenvalue weighted by molar-refractivity contribution is 0.106. The summed E-state index contributed by atoms with van der Waals surface area (Å²) in [5, 5.41) is 16.8. The second-order valence-electron chi connectivity index (χ2n) is 7.13. The average molecular weight is 418 g/mol. The van der Waals surface area contributed by atoms with E-state index in [2.05, 4.69) is 15.6 Å². The molecule has 3 N–H and O–H groups in total. The largest absolute Gasteiger partial charge is 0.491 e. The minimum absolute atomic E-state index is 0.102. The summed E-state index contributed by atoms with van der Waals surface area (Å²) in [6, 6.07) is 13.6. The van der Waals surface area contributed by atoms with Crippen molar-refractivity contribution in [3.05, 3.63) is 65.5 Å². The van der Waals surface area contributed by atoms with Gasteiger partial charge in [-0.2, -0.15) is 0 Å². The number of aliphatic hydroxyl groups is 1. The number of hydrogen-bond donors (Lipinski definition) is 3. The molecule has 0 saturated carbocycles. The number of hydrogen-bond acceptors (Lipinski definition) is 4. The number of halogens is 1. The van der Waals surface area contributed by atoms with Gasteiger partial charge < -0.3 is 25.2 Å². The van der Waals surface area contributed by atoms with Crippen LogP contribution in [0.3, 0.4) is 0 Å². The molecule has 0 aliphatic heterocycles. The molecule has 0 aliphatic rings. The van der Waals surface area contributed by atoms with Crippen molar-refractivity contribution in [1.82, 2.24) is 10.6 Å². The summed E-state index contributed by atoms with van der Waals surface area (Å²) in [5.74, 6) is 1.06. The van der Waals surface area contributed by atoms with Crippen molar-refractivity contribution in [3.8, 4) is 5.75 Å². The molecule has 2 rings (SSSR count). The van der Waals surface area contributed by atoms with Crippen molar-refractivity contribution >= 4 is 5.96 Å². The normalized spacial score (nSPS) is 13.8. The van der Waals surface area contributed by atoms with Crippen LogP contribution >= 0.6 is 0 Å². The fourth-order valence-electron chi connectivity index (χ4n) is 2.87. The lowest BCUT2D eigenvalue weighted by Crippen LogP contribution is -2.40. The highest BCUT2D eigenvalue weighted by atomic mass is 19.1. The Morgan fingerprint density at radius 1 is 1.03 bits per heavy atom. The zero-order chi connectivity index (χ0) is 21.9. The number of guanidine groups is 1. The summed E-state index contributed by atoms with van der Waals surface area (Å²) in [5.41, 5.74) is 1.64. The molecule has 0 fully saturated rings. The minimum atomic E-state index is -0.733. The Hall–Kier alpha value is -2.64. The maximum absolute atomic E-state index is 13.1. The molecule has 30 heavy (non-hydrogen) atoms. The molecule has 164 valence electrons.